The molecule has 1 N–H and O–H groups in total. The first-order valence-electron chi connectivity index (χ1n) is 9.65. The molecule has 32 heavy (non-hydrogen) atoms. The van der Waals surface area contributed by atoms with Crippen LogP contribution in [0.1, 0.15) is 16.7 Å². The van der Waals surface area contributed by atoms with E-state index in [1.54, 1.807) is 42.5 Å². The van der Waals surface area contributed by atoms with Gasteiger partial charge in [0, 0.05) is 10.0 Å². The van der Waals surface area contributed by atoms with Crippen molar-refractivity contribution in [2.45, 2.75) is 13.2 Å². The highest BCUT2D eigenvalue weighted by Gasteiger charge is 2.33. The van der Waals surface area contributed by atoms with Crippen molar-refractivity contribution in [1.29, 1.82) is 0 Å². The van der Waals surface area contributed by atoms with Gasteiger partial charge in [-0.1, -0.05) is 52.3 Å². The van der Waals surface area contributed by atoms with Crippen LogP contribution in [0.25, 0.3) is 6.08 Å². The maximum atomic E-state index is 13.8. The zero-order valence-electron chi connectivity index (χ0n) is 16.6. The lowest BCUT2D eigenvalue weighted by Gasteiger charge is -2.11. The smallest absolute Gasteiger partial charge is 0.329 e. The number of rotatable bonds is 6. The van der Waals surface area contributed by atoms with Gasteiger partial charge in [0.15, 0.2) is 0 Å². The van der Waals surface area contributed by atoms with Gasteiger partial charge < -0.3 is 10.1 Å². The summed E-state index contributed by atoms with van der Waals surface area (Å²) in [6, 6.07) is 18.6. The van der Waals surface area contributed by atoms with E-state index in [-0.39, 0.29) is 24.7 Å². The van der Waals surface area contributed by atoms with Crippen LogP contribution in [0.3, 0.4) is 0 Å². The average Bonchev–Trinajstić information content (AvgIpc) is 3.03. The Kier molecular flexibility index (Phi) is 6.72. The summed E-state index contributed by atoms with van der Waals surface area (Å²) in [7, 11) is 0. The summed E-state index contributed by atoms with van der Waals surface area (Å²) in [6.45, 7) is 0.271. The molecule has 0 bridgehead atoms. The van der Waals surface area contributed by atoms with Crippen molar-refractivity contribution in [3.05, 3.63) is 104 Å². The zero-order valence-corrected chi connectivity index (χ0v) is 19.8. The summed E-state index contributed by atoms with van der Waals surface area (Å²) >= 11 is 6.81. The van der Waals surface area contributed by atoms with Crippen molar-refractivity contribution in [2.75, 3.05) is 0 Å². The third-order valence-electron chi connectivity index (χ3n) is 4.82. The van der Waals surface area contributed by atoms with Crippen LogP contribution in [0.5, 0.6) is 5.75 Å². The predicted molar refractivity (Wildman–Crippen MR) is 126 cm³/mol. The Morgan fingerprint density at radius 2 is 1.75 bits per heavy atom. The van der Waals surface area contributed by atoms with Gasteiger partial charge in [-0.3, -0.25) is 9.69 Å². The third-order valence-corrected chi connectivity index (χ3v) is 5.97. The number of nitrogens with zero attached hydrogens (tertiary/aromatic N) is 1. The van der Waals surface area contributed by atoms with Crippen molar-refractivity contribution in [1.82, 2.24) is 10.2 Å². The van der Waals surface area contributed by atoms with E-state index in [2.05, 4.69) is 37.2 Å². The fourth-order valence-corrected chi connectivity index (χ4v) is 3.92. The molecule has 0 aliphatic carbocycles. The summed E-state index contributed by atoms with van der Waals surface area (Å²) in [5.41, 5.74) is 2.19. The average molecular weight is 560 g/mol. The van der Waals surface area contributed by atoms with E-state index in [0.717, 1.165) is 14.9 Å². The molecule has 1 aliphatic rings. The SMILES string of the molecule is O=C1N/C(=C/c2ccc(OCc3ccccc3F)c(Br)c2)C(=O)N1Cc1ccc(Br)cc1. The van der Waals surface area contributed by atoms with E-state index < -0.39 is 11.9 Å². The first kappa shape index (κ1) is 22.2. The van der Waals surface area contributed by atoms with Gasteiger partial charge in [-0.2, -0.15) is 0 Å². The van der Waals surface area contributed by atoms with Gasteiger partial charge >= 0.3 is 6.03 Å². The number of urea groups is 1. The largest absolute Gasteiger partial charge is 0.488 e. The number of imide groups is 1. The highest BCUT2D eigenvalue weighted by Crippen LogP contribution is 2.28. The van der Waals surface area contributed by atoms with Gasteiger partial charge in [-0.25, -0.2) is 9.18 Å². The number of hydrogen-bond donors (Lipinski definition) is 1. The molecule has 0 radical (unpaired) electrons. The minimum atomic E-state index is -0.465. The van der Waals surface area contributed by atoms with Crippen LogP contribution < -0.4 is 10.1 Å². The van der Waals surface area contributed by atoms with Crippen molar-refractivity contribution >= 4 is 49.9 Å². The van der Waals surface area contributed by atoms with E-state index in [9.17, 15) is 14.0 Å². The lowest BCUT2D eigenvalue weighted by Crippen LogP contribution is -2.30. The Balaban J connectivity index is 1.45. The molecule has 1 aliphatic heterocycles. The minimum Gasteiger partial charge on any atom is -0.488 e. The quantitative estimate of drug-likeness (QED) is 0.297. The number of halogens is 3. The maximum Gasteiger partial charge on any atom is 0.329 e. The molecule has 1 saturated heterocycles. The number of ether oxygens (including phenoxy) is 1. The Morgan fingerprint density at radius 1 is 1.00 bits per heavy atom. The van der Waals surface area contributed by atoms with Crippen LogP contribution in [-0.4, -0.2) is 16.8 Å². The normalized spacial score (nSPS) is 14.7. The van der Waals surface area contributed by atoms with Crippen molar-refractivity contribution in [3.8, 4) is 5.75 Å². The molecule has 3 amide bonds. The molecule has 1 heterocycles. The molecular weight excluding hydrogens is 543 g/mol. The van der Waals surface area contributed by atoms with Crippen LogP contribution in [0.4, 0.5) is 9.18 Å². The molecule has 0 aromatic heterocycles. The number of nitrogens with one attached hydrogen (secondary N) is 1. The Hall–Kier alpha value is -2.97. The van der Waals surface area contributed by atoms with Crippen LogP contribution in [-0.2, 0) is 17.9 Å². The second-order valence-corrected chi connectivity index (χ2v) is 8.85. The second kappa shape index (κ2) is 9.67. The predicted octanol–water partition coefficient (Wildman–Crippen LogP) is 6.02. The third kappa shape index (κ3) is 5.08. The molecular formula is C24H17Br2FN2O3. The van der Waals surface area contributed by atoms with Crippen LogP contribution in [0, 0.1) is 5.82 Å². The Labute approximate surface area is 201 Å². The van der Waals surface area contributed by atoms with E-state index in [1.807, 2.05) is 24.3 Å². The number of carbonyl (C=O) groups excluding carboxylic acids is 2. The first-order chi connectivity index (χ1) is 15.4. The van der Waals surface area contributed by atoms with Gasteiger partial charge in [0.1, 0.15) is 23.9 Å². The molecule has 0 atom stereocenters. The van der Waals surface area contributed by atoms with Gasteiger partial charge in [0.05, 0.1) is 11.0 Å². The molecule has 1 fully saturated rings. The molecule has 4 rings (SSSR count). The number of carbonyl (C=O) groups is 2. The first-order valence-corrected chi connectivity index (χ1v) is 11.2. The lowest BCUT2D eigenvalue weighted by molar-refractivity contribution is -0.123. The Bertz CT molecular complexity index is 1210. The standard InChI is InChI=1S/C24H17Br2FN2O3/c25-18-8-5-15(6-9-18)13-29-23(30)21(28-24(29)31)12-16-7-10-22(19(26)11-16)32-14-17-3-1-2-4-20(17)27/h1-12H,13-14H2,(H,28,31)/b21-12+. The van der Waals surface area contributed by atoms with E-state index in [1.165, 1.54) is 6.07 Å². The highest BCUT2D eigenvalue weighted by molar-refractivity contribution is 9.10. The maximum absolute atomic E-state index is 13.8. The van der Waals surface area contributed by atoms with Crippen molar-refractivity contribution in [2.24, 2.45) is 0 Å². The van der Waals surface area contributed by atoms with E-state index >= 15 is 0 Å². The molecule has 3 aromatic rings. The molecule has 8 heteroatoms. The van der Waals surface area contributed by atoms with Crippen LogP contribution in [0.2, 0.25) is 0 Å². The van der Waals surface area contributed by atoms with Crippen molar-refractivity contribution < 1.29 is 18.7 Å². The fourth-order valence-electron chi connectivity index (χ4n) is 3.15. The summed E-state index contributed by atoms with van der Waals surface area (Å²) in [6.07, 6.45) is 1.60. The second-order valence-electron chi connectivity index (χ2n) is 7.08. The minimum absolute atomic E-state index is 0.0886. The summed E-state index contributed by atoms with van der Waals surface area (Å²) in [5, 5.41) is 2.62. The molecule has 3 aromatic carbocycles. The number of benzene rings is 3. The van der Waals surface area contributed by atoms with Crippen molar-refractivity contribution in [3.63, 3.8) is 0 Å². The number of amides is 3. The molecule has 0 saturated carbocycles. The Morgan fingerprint density at radius 3 is 2.47 bits per heavy atom. The van der Waals surface area contributed by atoms with Gasteiger partial charge in [0.25, 0.3) is 5.91 Å². The molecule has 0 spiro atoms. The topological polar surface area (TPSA) is 58.6 Å². The van der Waals surface area contributed by atoms with Crippen LogP contribution >= 0.6 is 31.9 Å². The summed E-state index contributed by atoms with van der Waals surface area (Å²) in [4.78, 5) is 26.2. The van der Waals surface area contributed by atoms with Gasteiger partial charge in [-0.15, -0.1) is 0 Å². The van der Waals surface area contributed by atoms with E-state index in [0.29, 0.717) is 21.3 Å². The lowest BCUT2D eigenvalue weighted by atomic mass is 10.1. The van der Waals surface area contributed by atoms with Crippen LogP contribution in [0.15, 0.2) is 81.4 Å². The highest BCUT2D eigenvalue weighted by atomic mass is 79.9. The summed E-state index contributed by atoms with van der Waals surface area (Å²) < 4.78 is 21.0. The molecule has 0 unspecified atom stereocenters. The number of hydrogen-bond acceptors (Lipinski definition) is 3. The van der Waals surface area contributed by atoms with Gasteiger partial charge in [-0.05, 0) is 63.5 Å². The molecule has 5 nitrogen and oxygen atoms in total. The molecule has 162 valence electrons. The zero-order chi connectivity index (χ0) is 22.7. The monoisotopic (exact) mass is 558 g/mol. The summed E-state index contributed by atoms with van der Waals surface area (Å²) in [5.74, 6) is -0.184. The van der Waals surface area contributed by atoms with E-state index in [4.69, 9.17) is 4.74 Å². The fraction of sp³-hybridized carbons (Fsp3) is 0.0833. The van der Waals surface area contributed by atoms with Gasteiger partial charge in [0.2, 0.25) is 0 Å².